The van der Waals surface area contributed by atoms with Gasteiger partial charge in [-0.25, -0.2) is 0 Å². The molecule has 1 amide bonds. The van der Waals surface area contributed by atoms with Crippen molar-refractivity contribution >= 4 is 27.5 Å². The molecule has 0 atom stereocenters. The van der Waals surface area contributed by atoms with E-state index in [9.17, 15) is 4.79 Å². The number of aromatic nitrogens is 1. The Morgan fingerprint density at radius 3 is 2.79 bits per heavy atom. The number of nitrogens with two attached hydrogens (primary N) is 1. The number of amides is 1. The van der Waals surface area contributed by atoms with Crippen LogP contribution in [0.25, 0.3) is 0 Å². The summed E-state index contributed by atoms with van der Waals surface area (Å²) < 4.78 is 0.800. The van der Waals surface area contributed by atoms with E-state index in [1.807, 2.05) is 0 Å². The molecule has 4 nitrogen and oxygen atoms in total. The summed E-state index contributed by atoms with van der Waals surface area (Å²) in [4.78, 5) is 15.0. The van der Waals surface area contributed by atoms with E-state index in [1.54, 1.807) is 32.3 Å². The molecule has 0 spiro atoms. The van der Waals surface area contributed by atoms with Gasteiger partial charge in [0.25, 0.3) is 0 Å². The van der Waals surface area contributed by atoms with Crippen molar-refractivity contribution in [1.29, 1.82) is 0 Å². The van der Waals surface area contributed by atoms with Crippen LogP contribution < -0.4 is 11.1 Å². The van der Waals surface area contributed by atoms with Gasteiger partial charge in [-0.3, -0.25) is 9.78 Å². The largest absolute Gasteiger partial charge is 0.371 e. The number of rotatable bonds is 3. The van der Waals surface area contributed by atoms with Crippen molar-refractivity contribution in [2.24, 2.45) is 5.73 Å². The van der Waals surface area contributed by atoms with E-state index >= 15 is 0 Å². The number of anilines is 1. The molecule has 0 bridgehead atoms. The molecule has 0 aliphatic rings. The van der Waals surface area contributed by atoms with Crippen LogP contribution in [0.15, 0.2) is 22.9 Å². The number of nitrogens with one attached hydrogen (secondary N) is 1. The van der Waals surface area contributed by atoms with Gasteiger partial charge in [-0.15, -0.1) is 0 Å². The molecule has 1 heterocycles. The van der Waals surface area contributed by atoms with Gasteiger partial charge in [-0.2, -0.15) is 0 Å². The van der Waals surface area contributed by atoms with Gasteiger partial charge in [0, 0.05) is 12.4 Å². The van der Waals surface area contributed by atoms with E-state index in [1.165, 1.54) is 0 Å². The third kappa shape index (κ3) is 2.45. The molecule has 3 N–H and O–H groups in total. The molecule has 0 unspecified atom stereocenters. The number of hydrogen-bond acceptors (Lipinski definition) is 3. The molecule has 0 aliphatic heterocycles. The molecule has 0 aliphatic carbocycles. The van der Waals surface area contributed by atoms with Crippen molar-refractivity contribution in [2.45, 2.75) is 19.4 Å². The van der Waals surface area contributed by atoms with Gasteiger partial charge in [0.15, 0.2) is 0 Å². The number of pyridine rings is 1. The van der Waals surface area contributed by atoms with E-state index < -0.39 is 11.4 Å². The predicted molar refractivity (Wildman–Crippen MR) is 58.8 cm³/mol. The Bertz CT molecular complexity index is 352. The maximum atomic E-state index is 11.1. The van der Waals surface area contributed by atoms with E-state index in [2.05, 4.69) is 26.2 Å². The Balaban J connectivity index is 2.89. The van der Waals surface area contributed by atoms with Crippen molar-refractivity contribution in [3.63, 3.8) is 0 Å². The highest BCUT2D eigenvalue weighted by atomic mass is 79.9. The Labute approximate surface area is 91.0 Å². The summed E-state index contributed by atoms with van der Waals surface area (Å²) in [7, 11) is 0. The zero-order chi connectivity index (χ0) is 10.8. The van der Waals surface area contributed by atoms with Crippen molar-refractivity contribution in [3.05, 3.63) is 22.9 Å². The number of nitrogens with zero attached hydrogens (tertiary/aromatic N) is 1. The monoisotopic (exact) mass is 257 g/mol. The molecule has 0 radical (unpaired) electrons. The summed E-state index contributed by atoms with van der Waals surface area (Å²) in [5.41, 5.74) is 5.26. The first-order chi connectivity index (χ1) is 6.43. The summed E-state index contributed by atoms with van der Waals surface area (Å²) in [6, 6.07) is 1.77. The van der Waals surface area contributed by atoms with Gasteiger partial charge < -0.3 is 11.1 Å². The molecule has 14 heavy (non-hydrogen) atoms. The standard InChI is InChI=1S/C9H12BrN3O/c1-9(2,8(11)14)13-7-3-4-12-5-6(7)10/h3-5H,1-2H3,(H2,11,14)(H,12,13). The highest BCUT2D eigenvalue weighted by Gasteiger charge is 2.24. The first-order valence-corrected chi connectivity index (χ1v) is 4.90. The molecule has 5 heteroatoms. The Morgan fingerprint density at radius 2 is 2.29 bits per heavy atom. The number of halogens is 1. The average molecular weight is 258 g/mol. The third-order valence-corrected chi connectivity index (χ3v) is 2.47. The van der Waals surface area contributed by atoms with E-state index in [-0.39, 0.29) is 0 Å². The van der Waals surface area contributed by atoms with Crippen molar-refractivity contribution in [2.75, 3.05) is 5.32 Å². The molecule has 1 rings (SSSR count). The normalized spacial score (nSPS) is 11.1. The van der Waals surface area contributed by atoms with Gasteiger partial charge in [0.2, 0.25) is 5.91 Å². The molecule has 1 aromatic heterocycles. The lowest BCUT2D eigenvalue weighted by Gasteiger charge is -2.24. The summed E-state index contributed by atoms with van der Waals surface area (Å²) in [5.74, 6) is -0.402. The molecule has 76 valence electrons. The minimum absolute atomic E-state index is 0.402. The van der Waals surface area contributed by atoms with Gasteiger partial charge >= 0.3 is 0 Å². The quantitative estimate of drug-likeness (QED) is 0.863. The van der Waals surface area contributed by atoms with E-state index in [0.717, 1.165) is 10.2 Å². The Morgan fingerprint density at radius 1 is 1.64 bits per heavy atom. The fraction of sp³-hybridized carbons (Fsp3) is 0.333. The molecule has 1 aromatic rings. The SMILES string of the molecule is CC(C)(Nc1ccncc1Br)C(N)=O. The topological polar surface area (TPSA) is 68.0 Å². The number of carbonyl (C=O) groups excluding carboxylic acids is 1. The van der Waals surface area contributed by atoms with Gasteiger partial charge in [0.1, 0.15) is 5.54 Å². The zero-order valence-electron chi connectivity index (χ0n) is 8.04. The lowest BCUT2D eigenvalue weighted by atomic mass is 10.0. The lowest BCUT2D eigenvalue weighted by Crippen LogP contribution is -2.45. The Hall–Kier alpha value is -1.10. The minimum Gasteiger partial charge on any atom is -0.371 e. The van der Waals surface area contributed by atoms with E-state index in [4.69, 9.17) is 5.73 Å². The number of hydrogen-bond donors (Lipinski definition) is 2. The summed E-state index contributed by atoms with van der Waals surface area (Å²) >= 11 is 3.32. The number of primary amides is 1. The zero-order valence-corrected chi connectivity index (χ0v) is 9.63. The smallest absolute Gasteiger partial charge is 0.242 e. The predicted octanol–water partition coefficient (Wildman–Crippen LogP) is 1.52. The second-order valence-electron chi connectivity index (χ2n) is 3.47. The van der Waals surface area contributed by atoms with Crippen LogP contribution >= 0.6 is 15.9 Å². The van der Waals surface area contributed by atoms with Crippen LogP contribution in [0.5, 0.6) is 0 Å². The van der Waals surface area contributed by atoms with Crippen LogP contribution in [-0.2, 0) is 4.79 Å². The van der Waals surface area contributed by atoms with Crippen LogP contribution in [0.4, 0.5) is 5.69 Å². The molecular weight excluding hydrogens is 246 g/mol. The Kier molecular flexibility index (Phi) is 3.10. The molecule has 0 fully saturated rings. The van der Waals surface area contributed by atoms with Crippen LogP contribution in [0, 0.1) is 0 Å². The van der Waals surface area contributed by atoms with Crippen LogP contribution in [0.2, 0.25) is 0 Å². The average Bonchev–Trinajstić information content (AvgIpc) is 2.08. The first kappa shape index (κ1) is 11.0. The van der Waals surface area contributed by atoms with Gasteiger partial charge in [0.05, 0.1) is 10.2 Å². The van der Waals surface area contributed by atoms with E-state index in [0.29, 0.717) is 0 Å². The van der Waals surface area contributed by atoms with Crippen LogP contribution in [-0.4, -0.2) is 16.4 Å². The highest BCUT2D eigenvalue weighted by molar-refractivity contribution is 9.10. The molecular formula is C9H12BrN3O. The fourth-order valence-corrected chi connectivity index (χ4v) is 1.22. The van der Waals surface area contributed by atoms with Gasteiger partial charge in [-0.05, 0) is 35.8 Å². The summed E-state index contributed by atoms with van der Waals surface area (Å²) in [5, 5.41) is 3.02. The molecule has 0 saturated carbocycles. The molecule has 0 saturated heterocycles. The first-order valence-electron chi connectivity index (χ1n) is 4.11. The van der Waals surface area contributed by atoms with Crippen LogP contribution in [0.1, 0.15) is 13.8 Å². The van der Waals surface area contributed by atoms with Crippen molar-refractivity contribution in [1.82, 2.24) is 4.98 Å². The third-order valence-electron chi connectivity index (χ3n) is 1.84. The fourth-order valence-electron chi connectivity index (χ4n) is 0.875. The lowest BCUT2D eigenvalue weighted by molar-refractivity contribution is -0.121. The second-order valence-corrected chi connectivity index (χ2v) is 4.32. The number of carbonyl (C=O) groups is 1. The van der Waals surface area contributed by atoms with Gasteiger partial charge in [-0.1, -0.05) is 0 Å². The molecule has 0 aromatic carbocycles. The summed E-state index contributed by atoms with van der Waals surface area (Å²) in [6.45, 7) is 3.45. The van der Waals surface area contributed by atoms with Crippen LogP contribution in [0.3, 0.4) is 0 Å². The minimum atomic E-state index is -0.774. The van der Waals surface area contributed by atoms with Crippen molar-refractivity contribution < 1.29 is 4.79 Å². The highest BCUT2D eigenvalue weighted by Crippen LogP contribution is 2.23. The maximum absolute atomic E-state index is 11.1. The summed E-state index contributed by atoms with van der Waals surface area (Å²) in [6.07, 6.45) is 3.30. The maximum Gasteiger partial charge on any atom is 0.242 e. The second kappa shape index (κ2) is 3.96. The van der Waals surface area contributed by atoms with Crippen molar-refractivity contribution in [3.8, 4) is 0 Å².